The lowest BCUT2D eigenvalue weighted by atomic mass is 10.1. The maximum atomic E-state index is 12.1. The van der Waals surface area contributed by atoms with Gasteiger partial charge in [0.2, 0.25) is 0 Å². The zero-order valence-electron chi connectivity index (χ0n) is 10.8. The fraction of sp³-hybridized carbons (Fsp3) is 0.385. The quantitative estimate of drug-likeness (QED) is 0.778. The van der Waals surface area contributed by atoms with Gasteiger partial charge in [0, 0.05) is 24.2 Å². The topological polar surface area (TPSA) is 95.7 Å². The number of aromatic carboxylic acids is 1. The number of carboxylic acid groups (broad SMARTS) is 1. The van der Waals surface area contributed by atoms with Gasteiger partial charge in [-0.3, -0.25) is 0 Å². The fourth-order valence-corrected chi connectivity index (χ4v) is 2.37. The van der Waals surface area contributed by atoms with Crippen LogP contribution in [0, 0.1) is 0 Å². The number of nitrogens with two attached hydrogens (primary N) is 1. The molecule has 4 N–H and O–H groups in total. The molecule has 1 aliphatic rings. The molecule has 6 nitrogen and oxygen atoms in total. The third-order valence-corrected chi connectivity index (χ3v) is 3.43. The number of benzene rings is 1. The van der Waals surface area contributed by atoms with Crippen LogP contribution in [0.1, 0.15) is 23.2 Å². The molecule has 1 aromatic carbocycles. The smallest absolute Gasteiger partial charge is 0.337 e. The largest absolute Gasteiger partial charge is 0.478 e. The molecule has 108 valence electrons. The third-order valence-electron chi connectivity index (χ3n) is 3.20. The van der Waals surface area contributed by atoms with Crippen molar-refractivity contribution in [3.8, 4) is 0 Å². The van der Waals surface area contributed by atoms with Crippen LogP contribution in [0.25, 0.3) is 0 Å². The molecule has 1 atom stereocenters. The lowest BCUT2D eigenvalue weighted by molar-refractivity contribution is 0.0698. The third kappa shape index (κ3) is 3.40. The van der Waals surface area contributed by atoms with Gasteiger partial charge in [0.25, 0.3) is 0 Å². The fourth-order valence-electron chi connectivity index (χ4n) is 2.20. The SMILES string of the molecule is NC1CCCN(C(=O)Nc2cc(Cl)ccc2C(=O)O)C1. The number of nitrogens with one attached hydrogen (secondary N) is 1. The normalized spacial score (nSPS) is 18.7. The molecule has 1 aromatic rings. The van der Waals surface area contributed by atoms with Crippen molar-refractivity contribution in [2.45, 2.75) is 18.9 Å². The van der Waals surface area contributed by atoms with Crippen molar-refractivity contribution >= 4 is 29.3 Å². The van der Waals surface area contributed by atoms with E-state index in [1.165, 1.54) is 18.2 Å². The summed E-state index contributed by atoms with van der Waals surface area (Å²) in [6.45, 7) is 1.08. The van der Waals surface area contributed by atoms with Gasteiger partial charge in [-0.15, -0.1) is 0 Å². The molecule has 2 rings (SSSR count). The molecule has 0 aromatic heterocycles. The second-order valence-corrected chi connectivity index (χ2v) is 5.21. The Hall–Kier alpha value is -1.79. The Morgan fingerprint density at radius 1 is 1.45 bits per heavy atom. The van der Waals surface area contributed by atoms with Crippen molar-refractivity contribution in [2.24, 2.45) is 5.73 Å². The first-order chi connectivity index (χ1) is 9.47. The maximum absolute atomic E-state index is 12.1. The number of carboxylic acids is 1. The summed E-state index contributed by atoms with van der Waals surface area (Å²) in [6.07, 6.45) is 1.73. The minimum Gasteiger partial charge on any atom is -0.478 e. The Labute approximate surface area is 121 Å². The van der Waals surface area contributed by atoms with Crippen molar-refractivity contribution < 1.29 is 14.7 Å². The van der Waals surface area contributed by atoms with E-state index in [9.17, 15) is 9.59 Å². The van der Waals surface area contributed by atoms with Crippen molar-refractivity contribution in [1.29, 1.82) is 0 Å². The molecule has 1 fully saturated rings. The molecule has 0 saturated carbocycles. The Kier molecular flexibility index (Phi) is 4.46. The van der Waals surface area contributed by atoms with Gasteiger partial charge in [-0.05, 0) is 31.0 Å². The van der Waals surface area contributed by atoms with Gasteiger partial charge < -0.3 is 21.1 Å². The number of hydrogen-bond donors (Lipinski definition) is 3. The number of piperidine rings is 1. The molecule has 0 bridgehead atoms. The van der Waals surface area contributed by atoms with E-state index in [0.29, 0.717) is 18.1 Å². The number of urea groups is 1. The summed E-state index contributed by atoms with van der Waals surface area (Å²) in [5.74, 6) is -1.12. The number of likely N-dealkylation sites (tertiary alicyclic amines) is 1. The van der Waals surface area contributed by atoms with E-state index in [1.807, 2.05) is 0 Å². The average Bonchev–Trinajstić information content (AvgIpc) is 2.38. The van der Waals surface area contributed by atoms with Gasteiger partial charge in [0.15, 0.2) is 0 Å². The van der Waals surface area contributed by atoms with Crippen LogP contribution in [0.2, 0.25) is 5.02 Å². The summed E-state index contributed by atoms with van der Waals surface area (Å²) in [6, 6.07) is 3.87. The first-order valence-electron chi connectivity index (χ1n) is 6.31. The predicted molar refractivity (Wildman–Crippen MR) is 76.2 cm³/mol. The summed E-state index contributed by atoms with van der Waals surface area (Å²) in [5, 5.41) is 12.0. The molecular formula is C13H16ClN3O3. The molecule has 0 radical (unpaired) electrons. The van der Waals surface area contributed by atoms with Crippen LogP contribution >= 0.6 is 11.6 Å². The Morgan fingerprint density at radius 3 is 2.85 bits per heavy atom. The number of hydrogen-bond acceptors (Lipinski definition) is 3. The highest BCUT2D eigenvalue weighted by Crippen LogP contribution is 2.22. The number of rotatable bonds is 2. The average molecular weight is 298 g/mol. The zero-order chi connectivity index (χ0) is 14.7. The molecule has 1 unspecified atom stereocenters. The number of anilines is 1. The Morgan fingerprint density at radius 2 is 2.20 bits per heavy atom. The molecule has 2 amide bonds. The van der Waals surface area contributed by atoms with Crippen LogP contribution < -0.4 is 11.1 Å². The second kappa shape index (κ2) is 6.11. The number of carbonyl (C=O) groups excluding carboxylic acids is 1. The van der Waals surface area contributed by atoms with Gasteiger partial charge in [-0.25, -0.2) is 9.59 Å². The molecule has 1 saturated heterocycles. The van der Waals surface area contributed by atoms with Gasteiger partial charge in [-0.1, -0.05) is 11.6 Å². The molecule has 1 aliphatic heterocycles. The Bertz CT molecular complexity index is 536. The van der Waals surface area contributed by atoms with Gasteiger partial charge in [0.05, 0.1) is 11.3 Å². The van der Waals surface area contributed by atoms with E-state index in [4.69, 9.17) is 22.4 Å². The number of carbonyl (C=O) groups is 2. The van der Waals surface area contributed by atoms with Crippen molar-refractivity contribution in [3.63, 3.8) is 0 Å². The van der Waals surface area contributed by atoms with Gasteiger partial charge in [-0.2, -0.15) is 0 Å². The lowest BCUT2D eigenvalue weighted by Crippen LogP contribution is -2.47. The summed E-state index contributed by atoms with van der Waals surface area (Å²) in [5.41, 5.74) is 6.01. The molecule has 0 aliphatic carbocycles. The van der Waals surface area contributed by atoms with Crippen LogP contribution in [-0.2, 0) is 0 Å². The monoisotopic (exact) mass is 297 g/mol. The molecule has 7 heteroatoms. The minimum absolute atomic E-state index is 0.00376. The number of amides is 2. The second-order valence-electron chi connectivity index (χ2n) is 4.77. The first-order valence-corrected chi connectivity index (χ1v) is 6.69. The van der Waals surface area contributed by atoms with E-state index in [0.717, 1.165) is 12.8 Å². The summed E-state index contributed by atoms with van der Waals surface area (Å²) in [4.78, 5) is 24.8. The summed E-state index contributed by atoms with van der Waals surface area (Å²) >= 11 is 5.84. The molecule has 1 heterocycles. The highest BCUT2D eigenvalue weighted by atomic mass is 35.5. The highest BCUT2D eigenvalue weighted by Gasteiger charge is 2.22. The predicted octanol–water partition coefficient (Wildman–Crippen LogP) is 1.99. The number of halogens is 1. The van der Waals surface area contributed by atoms with E-state index < -0.39 is 5.97 Å². The van der Waals surface area contributed by atoms with Crippen LogP contribution in [0.4, 0.5) is 10.5 Å². The maximum Gasteiger partial charge on any atom is 0.337 e. The van der Waals surface area contributed by atoms with Gasteiger partial charge in [0.1, 0.15) is 0 Å². The Balaban J connectivity index is 2.14. The lowest BCUT2D eigenvalue weighted by Gasteiger charge is -2.30. The highest BCUT2D eigenvalue weighted by molar-refractivity contribution is 6.31. The van der Waals surface area contributed by atoms with E-state index in [-0.39, 0.29) is 23.3 Å². The van der Waals surface area contributed by atoms with Crippen LogP contribution in [-0.4, -0.2) is 41.1 Å². The van der Waals surface area contributed by atoms with E-state index >= 15 is 0 Å². The molecule has 0 spiro atoms. The molecule has 20 heavy (non-hydrogen) atoms. The van der Waals surface area contributed by atoms with Crippen LogP contribution in [0.5, 0.6) is 0 Å². The van der Waals surface area contributed by atoms with Crippen LogP contribution in [0.15, 0.2) is 18.2 Å². The zero-order valence-corrected chi connectivity index (χ0v) is 11.6. The summed E-state index contributed by atoms with van der Waals surface area (Å²) in [7, 11) is 0. The number of nitrogens with zero attached hydrogens (tertiary/aromatic N) is 1. The van der Waals surface area contributed by atoms with Crippen LogP contribution in [0.3, 0.4) is 0 Å². The van der Waals surface area contributed by atoms with Gasteiger partial charge >= 0.3 is 12.0 Å². The minimum atomic E-state index is -1.12. The van der Waals surface area contributed by atoms with E-state index in [2.05, 4.69) is 5.32 Å². The van der Waals surface area contributed by atoms with Crippen molar-refractivity contribution in [1.82, 2.24) is 4.90 Å². The van der Waals surface area contributed by atoms with Crippen molar-refractivity contribution in [3.05, 3.63) is 28.8 Å². The standard InChI is InChI=1S/C13H16ClN3O3/c14-8-3-4-10(12(18)19)11(6-8)16-13(20)17-5-1-2-9(15)7-17/h3-4,6,9H,1-2,5,7,15H2,(H,16,20)(H,18,19). The molecular weight excluding hydrogens is 282 g/mol. The van der Waals surface area contributed by atoms with E-state index in [1.54, 1.807) is 4.90 Å². The summed E-state index contributed by atoms with van der Waals surface area (Å²) < 4.78 is 0. The van der Waals surface area contributed by atoms with Crippen molar-refractivity contribution in [2.75, 3.05) is 18.4 Å². The first kappa shape index (κ1) is 14.6.